The Morgan fingerprint density at radius 1 is 0.607 bits per heavy atom. The van der Waals surface area contributed by atoms with Gasteiger partial charge in [0, 0.05) is 23.5 Å². The maximum Gasteiger partial charge on any atom is 0.121 e. The lowest BCUT2D eigenvalue weighted by molar-refractivity contribution is 0.467. The molecule has 0 saturated heterocycles. The van der Waals surface area contributed by atoms with Crippen LogP contribution in [-0.2, 0) is 0 Å². The zero-order valence-electron chi connectivity index (χ0n) is 16.4. The average Bonchev–Trinajstić information content (AvgIpc) is 2.73. The fraction of sp³-hybridized carbons (Fsp3) is 0.120. The summed E-state index contributed by atoms with van der Waals surface area (Å²) in [7, 11) is 0. The van der Waals surface area contributed by atoms with Gasteiger partial charge in [-0.3, -0.25) is 9.97 Å². The Kier molecular flexibility index (Phi) is 6.18. The zero-order valence-corrected chi connectivity index (χ0v) is 16.4. The summed E-state index contributed by atoms with van der Waals surface area (Å²) in [4.78, 5) is 8.81. The highest BCUT2D eigenvalue weighted by Crippen LogP contribution is 2.25. The van der Waals surface area contributed by atoms with Gasteiger partial charge in [0.15, 0.2) is 0 Å². The van der Waals surface area contributed by atoms with Crippen LogP contribution in [0.1, 0.15) is 16.7 Å². The molecule has 3 heteroatoms. The van der Waals surface area contributed by atoms with Crippen LogP contribution in [0.3, 0.4) is 0 Å². The van der Waals surface area contributed by atoms with E-state index in [1.165, 1.54) is 5.56 Å². The van der Waals surface area contributed by atoms with Gasteiger partial charge in [0.25, 0.3) is 0 Å². The second-order valence-electron chi connectivity index (χ2n) is 6.76. The molecule has 0 radical (unpaired) electrons. The second-order valence-corrected chi connectivity index (χ2v) is 6.76. The van der Waals surface area contributed by atoms with Crippen molar-refractivity contribution in [3.8, 4) is 28.3 Å². The Labute approximate surface area is 166 Å². The predicted molar refractivity (Wildman–Crippen MR) is 115 cm³/mol. The highest BCUT2D eigenvalue weighted by Gasteiger charge is 2.04. The molecule has 0 aliphatic carbocycles. The van der Waals surface area contributed by atoms with Crippen LogP contribution in [0, 0.1) is 20.8 Å². The fourth-order valence-corrected chi connectivity index (χ4v) is 2.95. The molecule has 140 valence electrons. The molecule has 0 aliphatic rings. The van der Waals surface area contributed by atoms with Crippen LogP contribution < -0.4 is 0 Å². The van der Waals surface area contributed by atoms with Gasteiger partial charge in [0.2, 0.25) is 0 Å². The van der Waals surface area contributed by atoms with Crippen molar-refractivity contribution >= 4 is 0 Å². The van der Waals surface area contributed by atoms with Crippen molar-refractivity contribution in [2.45, 2.75) is 20.8 Å². The number of aromatic nitrogens is 2. The molecule has 2 aromatic heterocycles. The Balaban J connectivity index is 0.000000211. The molecule has 2 aromatic carbocycles. The lowest BCUT2D eigenvalue weighted by Gasteiger charge is -2.07. The van der Waals surface area contributed by atoms with Gasteiger partial charge < -0.3 is 5.11 Å². The zero-order chi connectivity index (χ0) is 19.9. The number of nitrogens with zero attached hydrogens (tertiary/aromatic N) is 2. The summed E-state index contributed by atoms with van der Waals surface area (Å²) in [5.41, 5.74) is 7.32. The number of benzene rings is 2. The first-order valence-corrected chi connectivity index (χ1v) is 9.24. The first-order chi connectivity index (χ1) is 13.5. The summed E-state index contributed by atoms with van der Waals surface area (Å²) >= 11 is 0. The van der Waals surface area contributed by atoms with Gasteiger partial charge in [-0.25, -0.2) is 0 Å². The lowest BCUT2D eigenvalue weighted by atomic mass is 10.0. The van der Waals surface area contributed by atoms with Crippen LogP contribution in [0.4, 0.5) is 0 Å². The van der Waals surface area contributed by atoms with Crippen molar-refractivity contribution in [3.05, 3.63) is 102 Å². The number of hydrogen-bond donors (Lipinski definition) is 1. The van der Waals surface area contributed by atoms with Crippen LogP contribution in [0.2, 0.25) is 0 Å². The van der Waals surface area contributed by atoms with Gasteiger partial charge in [0.1, 0.15) is 5.75 Å². The molecule has 0 fully saturated rings. The molecule has 0 spiro atoms. The van der Waals surface area contributed by atoms with Gasteiger partial charge in [-0.15, -0.1) is 0 Å². The molecule has 1 N–H and O–H groups in total. The Morgan fingerprint density at radius 2 is 1.11 bits per heavy atom. The molecule has 0 unspecified atom stereocenters. The summed E-state index contributed by atoms with van der Waals surface area (Å²) in [5.74, 6) is 0.414. The highest BCUT2D eigenvalue weighted by molar-refractivity contribution is 5.70. The van der Waals surface area contributed by atoms with E-state index in [1.54, 1.807) is 0 Å². The maximum absolute atomic E-state index is 9.21. The fourth-order valence-electron chi connectivity index (χ4n) is 2.95. The normalized spacial score (nSPS) is 10.1. The smallest absolute Gasteiger partial charge is 0.121 e. The average molecular weight is 368 g/mol. The molecule has 4 rings (SSSR count). The summed E-state index contributed by atoms with van der Waals surface area (Å²) in [6, 6.07) is 24.1. The van der Waals surface area contributed by atoms with E-state index in [1.807, 2.05) is 80.8 Å². The first-order valence-electron chi connectivity index (χ1n) is 9.24. The van der Waals surface area contributed by atoms with E-state index in [9.17, 15) is 5.11 Å². The third-order valence-electron chi connectivity index (χ3n) is 4.44. The number of aryl methyl sites for hydroxylation is 3. The number of phenols is 1. The van der Waals surface area contributed by atoms with E-state index in [4.69, 9.17) is 0 Å². The topological polar surface area (TPSA) is 46.0 Å². The summed E-state index contributed by atoms with van der Waals surface area (Å²) in [6.07, 6.45) is 3.64. The van der Waals surface area contributed by atoms with E-state index < -0.39 is 0 Å². The largest absolute Gasteiger partial charge is 0.507 e. The van der Waals surface area contributed by atoms with Gasteiger partial charge >= 0.3 is 0 Å². The van der Waals surface area contributed by atoms with E-state index >= 15 is 0 Å². The van der Waals surface area contributed by atoms with Crippen molar-refractivity contribution in [3.63, 3.8) is 0 Å². The summed E-state index contributed by atoms with van der Waals surface area (Å²) in [5, 5.41) is 9.21. The van der Waals surface area contributed by atoms with Gasteiger partial charge in [-0.1, -0.05) is 30.3 Å². The van der Waals surface area contributed by atoms with Crippen LogP contribution in [-0.4, -0.2) is 15.1 Å². The van der Waals surface area contributed by atoms with Crippen LogP contribution in [0.25, 0.3) is 22.5 Å². The Bertz CT molecular complexity index is 967. The molecular weight excluding hydrogens is 344 g/mol. The van der Waals surface area contributed by atoms with Crippen molar-refractivity contribution in [2.24, 2.45) is 0 Å². The van der Waals surface area contributed by atoms with E-state index in [-0.39, 0.29) is 0 Å². The lowest BCUT2D eigenvalue weighted by Crippen LogP contribution is -1.87. The van der Waals surface area contributed by atoms with E-state index in [2.05, 4.69) is 35.1 Å². The number of para-hydroxylation sites is 1. The molecule has 3 nitrogen and oxygen atoms in total. The molecule has 0 amide bonds. The van der Waals surface area contributed by atoms with Gasteiger partial charge in [0.05, 0.1) is 11.4 Å². The number of rotatable bonds is 2. The third-order valence-corrected chi connectivity index (χ3v) is 4.44. The molecule has 28 heavy (non-hydrogen) atoms. The Hall–Kier alpha value is -3.46. The quantitative estimate of drug-likeness (QED) is 0.463. The SMILES string of the molecule is Cc1cc(-c2ccccn2)cc(-c2ccccn2)c1.Cc1cccc(C)c1O. The Morgan fingerprint density at radius 3 is 1.50 bits per heavy atom. The van der Waals surface area contributed by atoms with Crippen LogP contribution in [0.15, 0.2) is 85.2 Å². The monoisotopic (exact) mass is 368 g/mol. The minimum atomic E-state index is 0.414. The third kappa shape index (κ3) is 4.83. The summed E-state index contributed by atoms with van der Waals surface area (Å²) < 4.78 is 0. The molecule has 0 aliphatic heterocycles. The molecule has 0 atom stereocenters. The minimum absolute atomic E-state index is 0.414. The first kappa shape index (κ1) is 19.3. The van der Waals surface area contributed by atoms with Crippen molar-refractivity contribution in [1.82, 2.24) is 9.97 Å². The molecule has 4 aromatic rings. The number of hydrogen-bond acceptors (Lipinski definition) is 3. The van der Waals surface area contributed by atoms with Crippen molar-refractivity contribution < 1.29 is 5.11 Å². The van der Waals surface area contributed by atoms with Crippen molar-refractivity contribution in [1.29, 1.82) is 0 Å². The van der Waals surface area contributed by atoms with Crippen LogP contribution in [0.5, 0.6) is 5.75 Å². The summed E-state index contributed by atoms with van der Waals surface area (Å²) in [6.45, 7) is 5.88. The van der Waals surface area contributed by atoms with Gasteiger partial charge in [-0.05, 0) is 79.9 Å². The highest BCUT2D eigenvalue weighted by atomic mass is 16.3. The maximum atomic E-state index is 9.21. The molecule has 0 saturated carbocycles. The molecule has 2 heterocycles. The number of pyridine rings is 2. The molecule has 0 bridgehead atoms. The second kappa shape index (κ2) is 8.96. The standard InChI is InChI=1S/C17H14N2.C8H10O/c1-13-10-14(16-6-2-4-8-18-16)12-15(11-13)17-7-3-5-9-19-17;1-6-4-3-5-7(2)8(6)9/h2-12H,1H3;3-5,9H,1-2H3. The number of phenolic OH excluding ortho intramolecular Hbond substituents is 1. The molecular formula is C25H24N2O. The van der Waals surface area contributed by atoms with Crippen LogP contribution >= 0.6 is 0 Å². The predicted octanol–water partition coefficient (Wildman–Crippen LogP) is 6.13. The number of aromatic hydroxyl groups is 1. The van der Waals surface area contributed by atoms with E-state index in [0.717, 1.165) is 33.6 Å². The van der Waals surface area contributed by atoms with Gasteiger partial charge in [-0.2, -0.15) is 0 Å². The van der Waals surface area contributed by atoms with Crippen molar-refractivity contribution in [2.75, 3.05) is 0 Å². The minimum Gasteiger partial charge on any atom is -0.507 e. The van der Waals surface area contributed by atoms with E-state index in [0.29, 0.717) is 5.75 Å².